The van der Waals surface area contributed by atoms with Crippen molar-refractivity contribution in [2.45, 2.75) is 88.9 Å². The van der Waals surface area contributed by atoms with Crippen molar-refractivity contribution in [3.05, 3.63) is 59.2 Å². The second-order valence-electron chi connectivity index (χ2n) is 8.79. The summed E-state index contributed by atoms with van der Waals surface area (Å²) in [7, 11) is -0.599. The summed E-state index contributed by atoms with van der Waals surface area (Å²) in [5.41, 5.74) is -2.88. The van der Waals surface area contributed by atoms with E-state index < -0.39 is 57.1 Å². The molecule has 40 heavy (non-hydrogen) atoms. The molecule has 3 atom stereocenters. The van der Waals surface area contributed by atoms with E-state index in [-0.39, 0.29) is 15.7 Å². The van der Waals surface area contributed by atoms with Gasteiger partial charge in [-0.25, -0.2) is 0 Å². The first kappa shape index (κ1) is 35.5. The third-order valence-electron chi connectivity index (χ3n) is 5.82. The lowest BCUT2D eigenvalue weighted by Crippen LogP contribution is -2.23. The number of hydrogen-bond donors (Lipinski definition) is 1. The van der Waals surface area contributed by atoms with Crippen LogP contribution in [0.15, 0.2) is 41.3 Å². The van der Waals surface area contributed by atoms with Gasteiger partial charge >= 0.3 is 12.4 Å². The fourth-order valence-corrected chi connectivity index (χ4v) is 5.70. The van der Waals surface area contributed by atoms with E-state index in [1.54, 1.807) is 0 Å². The molecule has 2 amide bonds. The van der Waals surface area contributed by atoms with E-state index >= 15 is 0 Å². The number of hydrogen-bond acceptors (Lipinski definition) is 5. The Bertz CT molecular complexity index is 1150. The monoisotopic (exact) mass is 612 g/mol. The van der Waals surface area contributed by atoms with Gasteiger partial charge in [-0.2, -0.15) is 30.7 Å². The molecule has 14 heteroatoms. The van der Waals surface area contributed by atoms with E-state index in [4.69, 9.17) is 0 Å². The van der Waals surface area contributed by atoms with Gasteiger partial charge in [0.15, 0.2) is 0 Å². The molecular weight excluding hydrogens is 578 g/mol. The molecule has 0 aromatic carbocycles. The van der Waals surface area contributed by atoms with Crippen molar-refractivity contribution in [3.63, 3.8) is 0 Å². The number of nitrogens with one attached hydrogen (secondary N) is 1. The highest BCUT2D eigenvalue weighted by atomic mass is 32.2. The smallest absolute Gasteiger partial charge is 0.296 e. The lowest BCUT2D eigenvalue weighted by Gasteiger charge is -2.20. The molecule has 3 unspecified atom stereocenters. The molecule has 0 saturated heterocycles. The van der Waals surface area contributed by atoms with Crippen LogP contribution in [-0.4, -0.2) is 37.5 Å². The molecule has 0 aliphatic carbocycles. The van der Waals surface area contributed by atoms with Crippen molar-refractivity contribution in [1.82, 2.24) is 14.7 Å². The van der Waals surface area contributed by atoms with E-state index in [2.05, 4.69) is 19.1 Å². The third-order valence-corrected chi connectivity index (χ3v) is 9.55. The Hall–Kier alpha value is -2.48. The zero-order valence-corrected chi connectivity index (χ0v) is 24.7. The summed E-state index contributed by atoms with van der Waals surface area (Å²) in [6.45, 7) is 11.7. The van der Waals surface area contributed by atoms with Crippen molar-refractivity contribution in [2.24, 2.45) is 4.36 Å². The maximum atomic E-state index is 13.0. The SMILES string of the molecule is CCC(C)S(=NC(=O)c1cnccc1C(F)(F)F)C(C)CC.CCC(C)SNC(=O)c1cnccc1C(F)(F)F. The van der Waals surface area contributed by atoms with Gasteiger partial charge in [0, 0.05) is 40.5 Å². The number of carbonyl (C=O) groups excluding carboxylic acids is 2. The van der Waals surface area contributed by atoms with Crippen LogP contribution in [0.4, 0.5) is 26.3 Å². The van der Waals surface area contributed by atoms with Gasteiger partial charge in [0.05, 0.1) is 22.3 Å². The molecule has 0 spiro atoms. The highest BCUT2D eigenvalue weighted by molar-refractivity contribution is 7.98. The molecule has 0 aliphatic rings. The van der Waals surface area contributed by atoms with Crippen LogP contribution < -0.4 is 4.72 Å². The van der Waals surface area contributed by atoms with Crippen molar-refractivity contribution in [1.29, 1.82) is 0 Å². The fraction of sp³-hybridized carbons (Fsp3) is 0.538. The molecule has 2 heterocycles. The summed E-state index contributed by atoms with van der Waals surface area (Å²) >= 11 is 1.10. The number of halogens is 6. The van der Waals surface area contributed by atoms with Crippen molar-refractivity contribution in [2.75, 3.05) is 0 Å². The first-order valence-corrected chi connectivity index (χ1v) is 14.7. The van der Waals surface area contributed by atoms with Crippen LogP contribution in [-0.2, 0) is 23.0 Å². The van der Waals surface area contributed by atoms with Gasteiger partial charge < -0.3 is 0 Å². The number of pyridine rings is 2. The van der Waals surface area contributed by atoms with Crippen LogP contribution in [0.5, 0.6) is 0 Å². The summed E-state index contributed by atoms with van der Waals surface area (Å²) in [5.74, 6) is -1.61. The predicted octanol–water partition coefficient (Wildman–Crippen LogP) is 7.92. The summed E-state index contributed by atoms with van der Waals surface area (Å²) in [6.07, 6.45) is -2.77. The van der Waals surface area contributed by atoms with Crippen LogP contribution in [0, 0.1) is 0 Å². The van der Waals surface area contributed by atoms with Crippen LogP contribution in [0.25, 0.3) is 0 Å². The summed E-state index contributed by atoms with van der Waals surface area (Å²) in [5, 5.41) is 0.453. The molecule has 0 fully saturated rings. The Morgan fingerprint density at radius 2 is 1.30 bits per heavy atom. The fourth-order valence-electron chi connectivity index (χ4n) is 2.99. The molecule has 0 saturated carbocycles. The highest BCUT2D eigenvalue weighted by Crippen LogP contribution is 2.33. The van der Waals surface area contributed by atoms with Gasteiger partial charge in [-0.3, -0.25) is 24.3 Å². The Morgan fingerprint density at radius 3 is 1.73 bits per heavy atom. The minimum atomic E-state index is -4.59. The number of nitrogens with zero attached hydrogens (tertiary/aromatic N) is 3. The molecule has 2 aromatic rings. The second-order valence-corrected chi connectivity index (χ2v) is 12.5. The Kier molecular flexibility index (Phi) is 14.3. The van der Waals surface area contributed by atoms with Gasteiger partial charge in [-0.05, 0) is 43.3 Å². The van der Waals surface area contributed by atoms with Gasteiger partial charge in [-0.1, -0.05) is 52.2 Å². The Morgan fingerprint density at radius 1 is 0.850 bits per heavy atom. The van der Waals surface area contributed by atoms with E-state index in [1.807, 2.05) is 41.5 Å². The number of carbonyl (C=O) groups is 2. The van der Waals surface area contributed by atoms with Crippen molar-refractivity contribution < 1.29 is 35.9 Å². The molecule has 0 bridgehead atoms. The maximum Gasteiger partial charge on any atom is 0.417 e. The summed E-state index contributed by atoms with van der Waals surface area (Å²) in [4.78, 5) is 31.1. The number of alkyl halides is 6. The maximum absolute atomic E-state index is 13.0. The quantitative estimate of drug-likeness (QED) is 0.230. The standard InChI is InChI=1S/C15H21F3N2OS.C11H13F3N2OS/c1-5-10(3)22(11(4)6-2)20-14(21)12-9-19-8-7-13(12)15(16,17)18;1-3-7(2)18-16-10(17)8-6-15-5-4-9(8)11(12,13)14/h7-11H,5-6H2,1-4H3;4-7H,3H2,1-2H3,(H,16,17). The van der Waals surface area contributed by atoms with Gasteiger partial charge in [-0.15, -0.1) is 0 Å². The van der Waals surface area contributed by atoms with Crippen molar-refractivity contribution in [3.8, 4) is 0 Å². The molecule has 2 aromatic heterocycles. The van der Waals surface area contributed by atoms with E-state index in [1.165, 1.54) is 0 Å². The molecule has 1 N–H and O–H groups in total. The van der Waals surface area contributed by atoms with Crippen LogP contribution in [0.2, 0.25) is 0 Å². The predicted molar refractivity (Wildman–Crippen MR) is 147 cm³/mol. The highest BCUT2D eigenvalue weighted by Gasteiger charge is 2.36. The first-order chi connectivity index (χ1) is 18.6. The molecule has 224 valence electrons. The van der Waals surface area contributed by atoms with Crippen molar-refractivity contribution >= 4 is 34.5 Å². The Labute approximate surface area is 237 Å². The Balaban J connectivity index is 0.000000408. The van der Waals surface area contributed by atoms with Gasteiger partial charge in [0.2, 0.25) is 0 Å². The number of rotatable bonds is 9. The molecule has 6 nitrogen and oxygen atoms in total. The van der Waals surface area contributed by atoms with Crippen LogP contribution in [0.1, 0.15) is 92.6 Å². The second kappa shape index (κ2) is 16.1. The molecule has 2 rings (SSSR count). The van der Waals surface area contributed by atoms with E-state index in [0.717, 1.165) is 68.1 Å². The van der Waals surface area contributed by atoms with Gasteiger partial charge in [0.1, 0.15) is 0 Å². The average Bonchev–Trinajstić information content (AvgIpc) is 2.92. The largest absolute Gasteiger partial charge is 0.417 e. The van der Waals surface area contributed by atoms with E-state index in [0.29, 0.717) is 0 Å². The minimum Gasteiger partial charge on any atom is -0.296 e. The topological polar surface area (TPSA) is 84.3 Å². The number of amides is 2. The third kappa shape index (κ3) is 10.8. The van der Waals surface area contributed by atoms with Crippen LogP contribution >= 0.6 is 11.9 Å². The molecular formula is C26H34F6N4O2S2. The normalized spacial score (nSPS) is 14.7. The average molecular weight is 613 g/mol. The number of aromatic nitrogens is 2. The lowest BCUT2D eigenvalue weighted by molar-refractivity contribution is -0.138. The van der Waals surface area contributed by atoms with E-state index in [9.17, 15) is 35.9 Å². The minimum absolute atomic E-state index is 0.139. The lowest BCUT2D eigenvalue weighted by atomic mass is 10.1. The first-order valence-electron chi connectivity index (χ1n) is 12.5. The van der Waals surface area contributed by atoms with Crippen LogP contribution in [0.3, 0.4) is 0 Å². The summed E-state index contributed by atoms with van der Waals surface area (Å²) in [6, 6.07) is 1.61. The zero-order chi connectivity index (χ0) is 30.7. The zero-order valence-electron chi connectivity index (χ0n) is 23.1. The summed E-state index contributed by atoms with van der Waals surface area (Å²) < 4.78 is 83.4. The molecule has 0 radical (unpaired) electrons. The van der Waals surface area contributed by atoms with Gasteiger partial charge in [0.25, 0.3) is 11.8 Å². The molecule has 0 aliphatic heterocycles.